The van der Waals surface area contributed by atoms with Crippen molar-refractivity contribution in [2.45, 2.75) is 19.6 Å². The molecule has 1 aliphatic heterocycles. The molecule has 0 fully saturated rings. The van der Waals surface area contributed by atoms with Crippen LogP contribution < -0.4 is 20.5 Å². The zero-order valence-electron chi connectivity index (χ0n) is 14.3. The Kier molecular flexibility index (Phi) is 5.74. The van der Waals surface area contributed by atoms with Crippen LogP contribution in [0, 0.1) is 0 Å². The molecule has 0 radical (unpaired) electrons. The summed E-state index contributed by atoms with van der Waals surface area (Å²) in [5.74, 6) is 1.84. The van der Waals surface area contributed by atoms with Gasteiger partial charge in [-0.1, -0.05) is 24.3 Å². The Labute approximate surface area is 147 Å². The highest BCUT2D eigenvalue weighted by Gasteiger charge is 2.10. The first-order valence-corrected chi connectivity index (χ1v) is 8.28. The molecule has 0 saturated carbocycles. The molecule has 6 nitrogen and oxygen atoms in total. The third-order valence-corrected chi connectivity index (χ3v) is 3.79. The number of anilines is 1. The third kappa shape index (κ3) is 4.87. The fourth-order valence-electron chi connectivity index (χ4n) is 2.51. The number of aliphatic imine (C=N–C) groups is 1. The number of ether oxygens (including phenoxy) is 3. The molecule has 1 heterocycles. The van der Waals surface area contributed by atoms with Crippen molar-refractivity contribution in [3.05, 3.63) is 53.6 Å². The molecule has 0 atom stereocenters. The zero-order chi connectivity index (χ0) is 17.5. The summed E-state index contributed by atoms with van der Waals surface area (Å²) in [4.78, 5) is 4.38. The number of hydrogen-bond acceptors (Lipinski definition) is 4. The molecule has 0 bridgehead atoms. The summed E-state index contributed by atoms with van der Waals surface area (Å²) >= 11 is 0. The molecule has 0 aliphatic carbocycles. The lowest BCUT2D eigenvalue weighted by Gasteiger charge is -2.10. The minimum absolute atomic E-state index is 0.357. The van der Waals surface area contributed by atoms with Gasteiger partial charge in [0.2, 0.25) is 0 Å². The van der Waals surface area contributed by atoms with E-state index in [0.29, 0.717) is 32.3 Å². The van der Waals surface area contributed by atoms with Gasteiger partial charge in [0, 0.05) is 25.3 Å². The number of rotatable bonds is 5. The topological polar surface area (TPSA) is 78.1 Å². The van der Waals surface area contributed by atoms with E-state index in [1.165, 1.54) is 0 Å². The maximum atomic E-state index is 5.98. The molecule has 0 spiro atoms. The maximum Gasteiger partial charge on any atom is 0.193 e. The maximum absolute atomic E-state index is 5.98. The van der Waals surface area contributed by atoms with E-state index in [1.807, 2.05) is 42.5 Å². The van der Waals surface area contributed by atoms with Crippen LogP contribution >= 0.6 is 0 Å². The van der Waals surface area contributed by atoms with E-state index in [2.05, 4.69) is 10.3 Å². The molecule has 2 aromatic carbocycles. The fraction of sp³-hybridized carbons (Fsp3) is 0.316. The lowest BCUT2D eigenvalue weighted by molar-refractivity contribution is 0.185. The summed E-state index contributed by atoms with van der Waals surface area (Å²) in [5, 5.41) is 3.09. The molecule has 1 aliphatic rings. The normalized spacial score (nSPS) is 14.0. The van der Waals surface area contributed by atoms with Gasteiger partial charge in [-0.3, -0.25) is 0 Å². The van der Waals surface area contributed by atoms with Crippen LogP contribution in [0.1, 0.15) is 17.5 Å². The molecule has 132 valence electrons. The number of hydrogen-bond donors (Lipinski definition) is 2. The van der Waals surface area contributed by atoms with Gasteiger partial charge in [-0.15, -0.1) is 0 Å². The summed E-state index contributed by atoms with van der Waals surface area (Å²) in [6.45, 7) is 2.44. The highest BCUT2D eigenvalue weighted by atomic mass is 16.5. The number of benzene rings is 2. The average Bonchev–Trinajstić information content (AvgIpc) is 2.86. The molecule has 0 saturated heterocycles. The molecule has 0 amide bonds. The third-order valence-electron chi connectivity index (χ3n) is 3.79. The molecule has 3 rings (SSSR count). The highest BCUT2D eigenvalue weighted by Crippen LogP contribution is 2.32. The number of nitrogens with two attached hydrogens (primary N) is 1. The Balaban J connectivity index is 1.60. The van der Waals surface area contributed by atoms with Crippen molar-refractivity contribution in [2.24, 2.45) is 10.7 Å². The summed E-state index contributed by atoms with van der Waals surface area (Å²) in [6, 6.07) is 13.8. The van der Waals surface area contributed by atoms with Gasteiger partial charge in [-0.25, -0.2) is 4.99 Å². The molecular formula is C19H23N3O3. The Morgan fingerprint density at radius 1 is 1.08 bits per heavy atom. The lowest BCUT2D eigenvalue weighted by atomic mass is 10.1. The van der Waals surface area contributed by atoms with Crippen molar-refractivity contribution < 1.29 is 14.2 Å². The number of fused-ring (bicyclic) bond motifs is 1. The van der Waals surface area contributed by atoms with Crippen LogP contribution in [0.5, 0.6) is 11.5 Å². The van der Waals surface area contributed by atoms with Crippen molar-refractivity contribution >= 4 is 11.6 Å². The SMILES string of the molecule is COCc1ccc(CN=C(N)Nc2ccc3c(c2)OCCCO3)cc1. The second kappa shape index (κ2) is 8.39. The van der Waals surface area contributed by atoms with E-state index >= 15 is 0 Å². The van der Waals surface area contributed by atoms with E-state index in [9.17, 15) is 0 Å². The first-order chi connectivity index (χ1) is 12.2. The van der Waals surface area contributed by atoms with Crippen LogP contribution in [0.4, 0.5) is 5.69 Å². The van der Waals surface area contributed by atoms with Crippen molar-refractivity contribution in [3.63, 3.8) is 0 Å². The predicted octanol–water partition coefficient (Wildman–Crippen LogP) is 2.92. The van der Waals surface area contributed by atoms with Gasteiger partial charge in [0.1, 0.15) is 0 Å². The van der Waals surface area contributed by atoms with Crippen molar-refractivity contribution in [1.29, 1.82) is 0 Å². The fourth-order valence-corrected chi connectivity index (χ4v) is 2.51. The number of nitrogens with one attached hydrogen (secondary N) is 1. The van der Waals surface area contributed by atoms with E-state index in [-0.39, 0.29) is 0 Å². The van der Waals surface area contributed by atoms with Gasteiger partial charge in [0.15, 0.2) is 17.5 Å². The van der Waals surface area contributed by atoms with Crippen LogP contribution in [0.15, 0.2) is 47.5 Å². The summed E-state index contributed by atoms with van der Waals surface area (Å²) in [7, 11) is 1.68. The number of methoxy groups -OCH3 is 1. The average molecular weight is 341 g/mol. The Hall–Kier alpha value is -2.73. The van der Waals surface area contributed by atoms with Gasteiger partial charge < -0.3 is 25.3 Å². The first-order valence-electron chi connectivity index (χ1n) is 8.28. The van der Waals surface area contributed by atoms with E-state index in [0.717, 1.165) is 34.7 Å². The van der Waals surface area contributed by atoms with E-state index in [1.54, 1.807) is 7.11 Å². The summed E-state index contributed by atoms with van der Waals surface area (Å²) in [5.41, 5.74) is 9.02. The summed E-state index contributed by atoms with van der Waals surface area (Å²) < 4.78 is 16.4. The molecule has 6 heteroatoms. The van der Waals surface area contributed by atoms with Crippen molar-refractivity contribution in [2.75, 3.05) is 25.6 Å². The van der Waals surface area contributed by atoms with Gasteiger partial charge >= 0.3 is 0 Å². The van der Waals surface area contributed by atoms with Crippen LogP contribution in [0.3, 0.4) is 0 Å². The lowest BCUT2D eigenvalue weighted by Crippen LogP contribution is -2.22. The Morgan fingerprint density at radius 2 is 1.80 bits per heavy atom. The smallest absolute Gasteiger partial charge is 0.193 e. The number of nitrogens with zero attached hydrogens (tertiary/aromatic N) is 1. The van der Waals surface area contributed by atoms with Crippen LogP contribution in [-0.2, 0) is 17.9 Å². The minimum Gasteiger partial charge on any atom is -0.490 e. The first kappa shape index (κ1) is 17.1. The quantitative estimate of drug-likeness (QED) is 0.646. The largest absolute Gasteiger partial charge is 0.490 e. The van der Waals surface area contributed by atoms with E-state index in [4.69, 9.17) is 19.9 Å². The van der Waals surface area contributed by atoms with Crippen molar-refractivity contribution in [3.8, 4) is 11.5 Å². The molecule has 3 N–H and O–H groups in total. The zero-order valence-corrected chi connectivity index (χ0v) is 14.3. The Bertz CT molecular complexity index is 729. The molecule has 2 aromatic rings. The standard InChI is InChI=1S/C19H23N3O3/c1-23-13-15-5-3-14(4-6-15)12-21-19(20)22-16-7-8-17-18(11-16)25-10-2-9-24-17/h3-8,11H,2,9-10,12-13H2,1H3,(H3,20,21,22). The monoisotopic (exact) mass is 341 g/mol. The second-order valence-corrected chi connectivity index (χ2v) is 5.79. The van der Waals surface area contributed by atoms with Gasteiger partial charge in [0.25, 0.3) is 0 Å². The highest BCUT2D eigenvalue weighted by molar-refractivity contribution is 5.92. The predicted molar refractivity (Wildman–Crippen MR) is 98.2 cm³/mol. The number of guanidine groups is 1. The summed E-state index contributed by atoms with van der Waals surface area (Å²) in [6.07, 6.45) is 0.879. The molecule has 25 heavy (non-hydrogen) atoms. The van der Waals surface area contributed by atoms with Crippen molar-refractivity contribution in [1.82, 2.24) is 0 Å². The molecular weight excluding hydrogens is 318 g/mol. The van der Waals surface area contributed by atoms with Crippen LogP contribution in [-0.4, -0.2) is 26.3 Å². The van der Waals surface area contributed by atoms with Crippen LogP contribution in [0.25, 0.3) is 0 Å². The Morgan fingerprint density at radius 3 is 2.56 bits per heavy atom. The van der Waals surface area contributed by atoms with Gasteiger partial charge in [-0.05, 0) is 23.3 Å². The van der Waals surface area contributed by atoms with Gasteiger partial charge in [-0.2, -0.15) is 0 Å². The van der Waals surface area contributed by atoms with Gasteiger partial charge in [0.05, 0.1) is 26.4 Å². The van der Waals surface area contributed by atoms with Crippen LogP contribution in [0.2, 0.25) is 0 Å². The van der Waals surface area contributed by atoms with E-state index < -0.39 is 0 Å². The second-order valence-electron chi connectivity index (χ2n) is 5.79. The molecule has 0 aromatic heterocycles. The minimum atomic E-state index is 0.357. The molecule has 0 unspecified atom stereocenters.